The Morgan fingerprint density at radius 2 is 2.00 bits per heavy atom. The van der Waals surface area contributed by atoms with E-state index in [1.807, 2.05) is 19.1 Å². The summed E-state index contributed by atoms with van der Waals surface area (Å²) in [6.07, 6.45) is 1.08. The van der Waals surface area contributed by atoms with Gasteiger partial charge in [-0.1, -0.05) is 19.1 Å². The quantitative estimate of drug-likeness (QED) is 0.663. The lowest BCUT2D eigenvalue weighted by atomic mass is 10.1. The van der Waals surface area contributed by atoms with Crippen molar-refractivity contribution < 1.29 is 4.79 Å². The fourth-order valence-electron chi connectivity index (χ4n) is 1.82. The predicted molar refractivity (Wildman–Crippen MR) is 78.4 cm³/mol. The van der Waals surface area contributed by atoms with Crippen molar-refractivity contribution in [1.29, 1.82) is 0 Å². The molecule has 0 saturated carbocycles. The zero-order valence-electron chi connectivity index (χ0n) is 11.3. The number of carbonyl (C=O) groups is 1. The lowest BCUT2D eigenvalue weighted by Crippen LogP contribution is -2.26. The Morgan fingerprint density at radius 3 is 2.55 bits per heavy atom. The van der Waals surface area contributed by atoms with Gasteiger partial charge in [0.1, 0.15) is 0 Å². The second-order valence-electron chi connectivity index (χ2n) is 4.67. The fourth-order valence-corrected chi connectivity index (χ4v) is 1.82. The zero-order valence-corrected chi connectivity index (χ0v) is 11.3. The second-order valence-corrected chi connectivity index (χ2v) is 4.67. The van der Waals surface area contributed by atoms with Gasteiger partial charge in [0.05, 0.1) is 5.69 Å². The summed E-state index contributed by atoms with van der Waals surface area (Å²) >= 11 is 0. The number of aromatic amines is 2. The summed E-state index contributed by atoms with van der Waals surface area (Å²) in [6, 6.07) is 8.60. The third-order valence-electron chi connectivity index (χ3n) is 3.05. The van der Waals surface area contributed by atoms with Crippen LogP contribution in [0.3, 0.4) is 0 Å². The van der Waals surface area contributed by atoms with E-state index in [4.69, 9.17) is 5.73 Å². The number of aromatic nitrogens is 2. The second kappa shape index (κ2) is 6.21. The van der Waals surface area contributed by atoms with Crippen LogP contribution < -0.4 is 16.6 Å². The Labute approximate surface area is 116 Å². The molecule has 0 saturated heterocycles. The van der Waals surface area contributed by atoms with Crippen LogP contribution in [0.1, 0.15) is 19.8 Å². The van der Waals surface area contributed by atoms with E-state index in [2.05, 4.69) is 15.5 Å². The molecule has 1 heterocycles. The van der Waals surface area contributed by atoms with Gasteiger partial charge < -0.3 is 11.1 Å². The lowest BCUT2D eigenvalue weighted by molar-refractivity contribution is -0.116. The van der Waals surface area contributed by atoms with E-state index in [1.54, 1.807) is 12.1 Å². The number of benzene rings is 1. The largest absolute Gasteiger partial charge is 0.327 e. The minimum absolute atomic E-state index is 0.0952. The normalized spacial score (nSPS) is 12.1. The Balaban J connectivity index is 2.01. The number of nitrogens with one attached hydrogen (secondary N) is 3. The molecule has 1 aromatic carbocycles. The Hall–Kier alpha value is -2.34. The van der Waals surface area contributed by atoms with Crippen molar-refractivity contribution in [3.63, 3.8) is 0 Å². The molecule has 0 radical (unpaired) electrons. The van der Waals surface area contributed by atoms with Crippen molar-refractivity contribution in [2.45, 2.75) is 25.8 Å². The molecular weight excluding hydrogens is 256 g/mol. The molecule has 0 bridgehead atoms. The first-order valence-electron chi connectivity index (χ1n) is 6.52. The average molecular weight is 274 g/mol. The molecule has 20 heavy (non-hydrogen) atoms. The summed E-state index contributed by atoms with van der Waals surface area (Å²) < 4.78 is 0. The maximum absolute atomic E-state index is 11.7. The molecule has 0 fully saturated rings. The van der Waals surface area contributed by atoms with Crippen LogP contribution in [-0.2, 0) is 4.79 Å². The van der Waals surface area contributed by atoms with Crippen LogP contribution in [0.5, 0.6) is 0 Å². The fraction of sp³-hybridized carbons (Fsp3) is 0.286. The van der Waals surface area contributed by atoms with Gasteiger partial charge in [-0.2, -0.15) is 0 Å². The Morgan fingerprint density at radius 1 is 1.30 bits per heavy atom. The van der Waals surface area contributed by atoms with E-state index >= 15 is 0 Å². The van der Waals surface area contributed by atoms with Crippen LogP contribution in [-0.4, -0.2) is 22.1 Å². The van der Waals surface area contributed by atoms with Crippen molar-refractivity contribution in [1.82, 2.24) is 10.2 Å². The first kappa shape index (κ1) is 14.1. The highest BCUT2D eigenvalue weighted by atomic mass is 16.1. The molecular formula is C14H18N4O2. The number of amides is 1. The number of rotatable bonds is 5. The van der Waals surface area contributed by atoms with Crippen LogP contribution in [0.4, 0.5) is 5.69 Å². The van der Waals surface area contributed by atoms with Gasteiger partial charge in [-0.3, -0.25) is 19.8 Å². The summed E-state index contributed by atoms with van der Waals surface area (Å²) in [5, 5.41) is 8.04. The number of anilines is 1. The van der Waals surface area contributed by atoms with Crippen LogP contribution >= 0.6 is 0 Å². The summed E-state index contributed by atoms with van der Waals surface area (Å²) in [6.45, 7) is 1.95. The number of nitrogens with two attached hydrogens (primary N) is 1. The molecule has 1 amide bonds. The number of carbonyl (C=O) groups excluding carboxylic acids is 1. The molecule has 0 aliphatic carbocycles. The SMILES string of the molecule is CCC(N)CC(=O)Nc1ccc(-c2cc(=O)[nH][nH]2)cc1. The van der Waals surface area contributed by atoms with E-state index in [0.717, 1.165) is 12.0 Å². The van der Waals surface area contributed by atoms with Crippen molar-refractivity contribution in [3.05, 3.63) is 40.7 Å². The van der Waals surface area contributed by atoms with Gasteiger partial charge in [0.15, 0.2) is 0 Å². The standard InChI is InChI=1S/C14H18N4O2/c1-2-10(15)7-13(19)16-11-5-3-9(4-6-11)12-8-14(20)18-17-12/h3-6,8,10H,2,7,15H2,1H3,(H,16,19)(H2,17,18,20). The molecule has 2 rings (SSSR count). The van der Waals surface area contributed by atoms with E-state index in [9.17, 15) is 9.59 Å². The first-order valence-corrected chi connectivity index (χ1v) is 6.52. The smallest absolute Gasteiger partial charge is 0.264 e. The van der Waals surface area contributed by atoms with Crippen LogP contribution in [0, 0.1) is 0 Å². The topological polar surface area (TPSA) is 104 Å². The van der Waals surface area contributed by atoms with Crippen LogP contribution in [0.15, 0.2) is 35.1 Å². The molecule has 106 valence electrons. The molecule has 0 aliphatic heterocycles. The van der Waals surface area contributed by atoms with Gasteiger partial charge in [0.2, 0.25) is 5.91 Å². The van der Waals surface area contributed by atoms with E-state index in [1.165, 1.54) is 6.07 Å². The van der Waals surface area contributed by atoms with Gasteiger partial charge in [0.25, 0.3) is 5.56 Å². The molecule has 0 spiro atoms. The molecule has 1 unspecified atom stereocenters. The molecule has 0 aliphatic rings. The summed E-state index contributed by atoms with van der Waals surface area (Å²) in [4.78, 5) is 22.7. The van der Waals surface area contributed by atoms with Crippen molar-refractivity contribution in [2.24, 2.45) is 5.73 Å². The predicted octanol–water partition coefficient (Wildman–Crippen LogP) is 1.44. The molecule has 6 heteroatoms. The zero-order chi connectivity index (χ0) is 14.5. The van der Waals surface area contributed by atoms with Crippen molar-refractivity contribution in [3.8, 4) is 11.3 Å². The number of hydrogen-bond donors (Lipinski definition) is 4. The van der Waals surface area contributed by atoms with Gasteiger partial charge in [0, 0.05) is 24.2 Å². The minimum Gasteiger partial charge on any atom is -0.327 e. The number of H-pyrrole nitrogens is 2. The van der Waals surface area contributed by atoms with Crippen molar-refractivity contribution in [2.75, 3.05) is 5.32 Å². The van der Waals surface area contributed by atoms with E-state index in [-0.39, 0.29) is 17.5 Å². The third-order valence-corrected chi connectivity index (χ3v) is 3.05. The monoisotopic (exact) mass is 274 g/mol. The summed E-state index contributed by atoms with van der Waals surface area (Å²) in [5.74, 6) is -0.0952. The van der Waals surface area contributed by atoms with Gasteiger partial charge in [-0.25, -0.2) is 0 Å². The molecule has 1 atom stereocenters. The summed E-state index contributed by atoms with van der Waals surface area (Å²) in [7, 11) is 0. The maximum atomic E-state index is 11.7. The Kier molecular flexibility index (Phi) is 4.37. The highest BCUT2D eigenvalue weighted by molar-refractivity contribution is 5.91. The molecule has 5 N–H and O–H groups in total. The molecule has 1 aromatic heterocycles. The van der Waals surface area contributed by atoms with Gasteiger partial charge in [-0.05, 0) is 24.1 Å². The lowest BCUT2D eigenvalue weighted by Gasteiger charge is -2.09. The first-order chi connectivity index (χ1) is 9.58. The highest BCUT2D eigenvalue weighted by Crippen LogP contribution is 2.18. The Bertz CT molecular complexity index is 627. The van der Waals surface area contributed by atoms with E-state index in [0.29, 0.717) is 17.8 Å². The van der Waals surface area contributed by atoms with E-state index < -0.39 is 0 Å². The maximum Gasteiger partial charge on any atom is 0.264 e. The van der Waals surface area contributed by atoms with Crippen molar-refractivity contribution >= 4 is 11.6 Å². The third kappa shape index (κ3) is 3.58. The molecule has 6 nitrogen and oxygen atoms in total. The van der Waals surface area contributed by atoms with Gasteiger partial charge in [-0.15, -0.1) is 0 Å². The van der Waals surface area contributed by atoms with Gasteiger partial charge >= 0.3 is 0 Å². The highest BCUT2D eigenvalue weighted by Gasteiger charge is 2.08. The summed E-state index contributed by atoms with van der Waals surface area (Å²) in [5.41, 5.74) is 7.84. The molecule has 2 aromatic rings. The number of hydrogen-bond acceptors (Lipinski definition) is 3. The van der Waals surface area contributed by atoms with Crippen LogP contribution in [0.25, 0.3) is 11.3 Å². The average Bonchev–Trinajstić information content (AvgIpc) is 2.86. The van der Waals surface area contributed by atoms with Crippen LogP contribution in [0.2, 0.25) is 0 Å². The minimum atomic E-state index is -0.175.